The molecule has 1 fully saturated rings. The van der Waals surface area contributed by atoms with Crippen molar-refractivity contribution < 1.29 is 13.9 Å². The van der Waals surface area contributed by atoms with Gasteiger partial charge < -0.3 is 15.4 Å². The summed E-state index contributed by atoms with van der Waals surface area (Å²) in [5.74, 6) is 0.145. The van der Waals surface area contributed by atoms with Gasteiger partial charge in [-0.05, 0) is 19.1 Å². The van der Waals surface area contributed by atoms with Gasteiger partial charge in [-0.1, -0.05) is 12.1 Å². The number of anilines is 2. The van der Waals surface area contributed by atoms with Crippen LogP contribution in [-0.4, -0.2) is 60.2 Å². The molecular weight excluding hydrogens is 337 g/mol. The molecule has 8 heteroatoms. The Morgan fingerprint density at radius 1 is 1.27 bits per heavy atom. The zero-order valence-corrected chi connectivity index (χ0v) is 14.7. The van der Waals surface area contributed by atoms with E-state index in [4.69, 9.17) is 4.74 Å². The number of aromatic nitrogens is 2. The molecule has 0 radical (unpaired) electrons. The molecule has 1 aliphatic rings. The van der Waals surface area contributed by atoms with Crippen molar-refractivity contribution in [1.29, 1.82) is 0 Å². The monoisotopic (exact) mass is 359 g/mol. The van der Waals surface area contributed by atoms with Crippen molar-refractivity contribution >= 4 is 17.4 Å². The fourth-order valence-electron chi connectivity index (χ4n) is 2.69. The average molecular weight is 359 g/mol. The SMILES string of the molecule is Cc1nc(Nc2ccccc2F)cc(C(=O)NCCN2CCOCC2)n1. The van der Waals surface area contributed by atoms with Crippen LogP contribution in [0.5, 0.6) is 0 Å². The first kappa shape index (κ1) is 18.2. The molecule has 1 aromatic heterocycles. The highest BCUT2D eigenvalue weighted by atomic mass is 19.1. The van der Waals surface area contributed by atoms with E-state index in [-0.39, 0.29) is 17.4 Å². The highest BCUT2D eigenvalue weighted by molar-refractivity contribution is 5.93. The average Bonchev–Trinajstić information content (AvgIpc) is 2.64. The molecule has 3 rings (SSSR count). The summed E-state index contributed by atoms with van der Waals surface area (Å²) in [6.45, 7) is 6.18. The summed E-state index contributed by atoms with van der Waals surface area (Å²) in [4.78, 5) is 23.0. The van der Waals surface area contributed by atoms with Crippen molar-refractivity contribution in [3.8, 4) is 0 Å². The van der Waals surface area contributed by atoms with Crippen LogP contribution in [0.3, 0.4) is 0 Å². The normalized spacial score (nSPS) is 14.8. The van der Waals surface area contributed by atoms with Gasteiger partial charge in [0.2, 0.25) is 0 Å². The molecule has 1 aliphatic heterocycles. The molecular formula is C18H22FN5O2. The van der Waals surface area contributed by atoms with Gasteiger partial charge in [-0.3, -0.25) is 9.69 Å². The van der Waals surface area contributed by atoms with E-state index in [0.717, 1.165) is 32.8 Å². The molecule has 0 spiro atoms. The molecule has 1 aromatic carbocycles. The molecule has 0 atom stereocenters. The highest BCUT2D eigenvalue weighted by Crippen LogP contribution is 2.18. The largest absolute Gasteiger partial charge is 0.379 e. The van der Waals surface area contributed by atoms with E-state index in [0.29, 0.717) is 23.9 Å². The minimum Gasteiger partial charge on any atom is -0.379 e. The zero-order chi connectivity index (χ0) is 18.4. The van der Waals surface area contributed by atoms with Crippen LogP contribution in [0, 0.1) is 12.7 Å². The van der Waals surface area contributed by atoms with Crippen LogP contribution in [0.4, 0.5) is 15.9 Å². The number of morpholine rings is 1. The van der Waals surface area contributed by atoms with Gasteiger partial charge in [0.05, 0.1) is 18.9 Å². The standard InChI is InChI=1S/C18H22FN5O2/c1-13-21-16(18(25)20-6-7-24-8-10-26-11-9-24)12-17(22-13)23-15-5-3-2-4-14(15)19/h2-5,12H,6-11H2,1H3,(H,20,25)(H,21,22,23). The maximum absolute atomic E-state index is 13.8. The topological polar surface area (TPSA) is 79.4 Å². The molecule has 7 nitrogen and oxygen atoms in total. The quantitative estimate of drug-likeness (QED) is 0.818. The number of amides is 1. The number of para-hydroxylation sites is 1. The van der Waals surface area contributed by atoms with Crippen molar-refractivity contribution in [1.82, 2.24) is 20.2 Å². The summed E-state index contributed by atoms with van der Waals surface area (Å²) in [5, 5.41) is 5.75. The van der Waals surface area contributed by atoms with Crippen LogP contribution >= 0.6 is 0 Å². The highest BCUT2D eigenvalue weighted by Gasteiger charge is 2.13. The Hall–Kier alpha value is -2.58. The van der Waals surface area contributed by atoms with Gasteiger partial charge in [-0.2, -0.15) is 0 Å². The Morgan fingerprint density at radius 2 is 2.04 bits per heavy atom. The van der Waals surface area contributed by atoms with Crippen molar-refractivity contribution in [2.75, 3.05) is 44.7 Å². The second kappa shape index (κ2) is 8.68. The predicted molar refractivity (Wildman–Crippen MR) is 96.0 cm³/mol. The van der Waals surface area contributed by atoms with Crippen LogP contribution in [0.15, 0.2) is 30.3 Å². The number of aryl methyl sites for hydroxylation is 1. The van der Waals surface area contributed by atoms with Crippen LogP contribution < -0.4 is 10.6 Å². The van der Waals surface area contributed by atoms with Crippen LogP contribution in [0.2, 0.25) is 0 Å². The number of hydrogen-bond donors (Lipinski definition) is 2. The first-order valence-electron chi connectivity index (χ1n) is 8.57. The van der Waals surface area contributed by atoms with Gasteiger partial charge in [-0.25, -0.2) is 14.4 Å². The van der Waals surface area contributed by atoms with E-state index in [1.54, 1.807) is 25.1 Å². The lowest BCUT2D eigenvalue weighted by atomic mass is 10.3. The maximum Gasteiger partial charge on any atom is 0.270 e. The molecule has 26 heavy (non-hydrogen) atoms. The molecule has 2 aromatic rings. The summed E-state index contributed by atoms with van der Waals surface area (Å²) in [5.41, 5.74) is 0.544. The number of ether oxygens (including phenoxy) is 1. The molecule has 2 heterocycles. The van der Waals surface area contributed by atoms with E-state index in [9.17, 15) is 9.18 Å². The molecule has 0 unspecified atom stereocenters. The number of benzene rings is 1. The third-order valence-corrected chi connectivity index (χ3v) is 4.02. The lowest BCUT2D eigenvalue weighted by Crippen LogP contribution is -2.41. The van der Waals surface area contributed by atoms with Gasteiger partial charge >= 0.3 is 0 Å². The Bertz CT molecular complexity index is 765. The first-order valence-corrected chi connectivity index (χ1v) is 8.57. The summed E-state index contributed by atoms with van der Waals surface area (Å²) < 4.78 is 19.1. The molecule has 138 valence electrons. The van der Waals surface area contributed by atoms with Crippen molar-refractivity contribution in [3.05, 3.63) is 47.7 Å². The minimum absolute atomic E-state index is 0.248. The van der Waals surface area contributed by atoms with Gasteiger partial charge in [0.1, 0.15) is 23.2 Å². The fourth-order valence-corrected chi connectivity index (χ4v) is 2.69. The van der Waals surface area contributed by atoms with Crippen LogP contribution in [0.1, 0.15) is 16.3 Å². The Labute approximate surface area is 151 Å². The summed E-state index contributed by atoms with van der Waals surface area (Å²) in [7, 11) is 0. The maximum atomic E-state index is 13.8. The van der Waals surface area contributed by atoms with Gasteiger partial charge in [0.15, 0.2) is 0 Å². The van der Waals surface area contributed by atoms with Crippen molar-refractivity contribution in [2.24, 2.45) is 0 Å². The molecule has 1 saturated heterocycles. The molecule has 2 N–H and O–H groups in total. The van der Waals surface area contributed by atoms with Crippen LogP contribution in [0.25, 0.3) is 0 Å². The third kappa shape index (κ3) is 4.96. The Kier molecular flexibility index (Phi) is 6.08. The van der Waals surface area contributed by atoms with Gasteiger partial charge in [0, 0.05) is 32.2 Å². The number of halogens is 1. The lowest BCUT2D eigenvalue weighted by molar-refractivity contribution is 0.0383. The fraction of sp³-hybridized carbons (Fsp3) is 0.389. The van der Waals surface area contributed by atoms with E-state index < -0.39 is 0 Å². The number of hydrogen-bond acceptors (Lipinski definition) is 6. The minimum atomic E-state index is -0.389. The Balaban J connectivity index is 1.61. The first-order chi connectivity index (χ1) is 12.6. The molecule has 0 saturated carbocycles. The van der Waals surface area contributed by atoms with E-state index >= 15 is 0 Å². The van der Waals surface area contributed by atoms with Crippen molar-refractivity contribution in [2.45, 2.75) is 6.92 Å². The number of carbonyl (C=O) groups is 1. The number of nitrogens with one attached hydrogen (secondary N) is 2. The zero-order valence-electron chi connectivity index (χ0n) is 14.7. The smallest absolute Gasteiger partial charge is 0.270 e. The summed E-state index contributed by atoms with van der Waals surface area (Å²) in [6.07, 6.45) is 0. The van der Waals surface area contributed by atoms with Gasteiger partial charge in [-0.15, -0.1) is 0 Å². The van der Waals surface area contributed by atoms with Gasteiger partial charge in [0.25, 0.3) is 5.91 Å². The van der Waals surface area contributed by atoms with E-state index in [1.165, 1.54) is 12.1 Å². The lowest BCUT2D eigenvalue weighted by Gasteiger charge is -2.26. The number of rotatable bonds is 6. The van der Waals surface area contributed by atoms with Crippen LogP contribution in [-0.2, 0) is 4.74 Å². The Morgan fingerprint density at radius 3 is 2.81 bits per heavy atom. The predicted octanol–water partition coefficient (Wildman–Crippen LogP) is 1.73. The second-order valence-corrected chi connectivity index (χ2v) is 6.00. The van der Waals surface area contributed by atoms with E-state index in [2.05, 4.69) is 25.5 Å². The van der Waals surface area contributed by atoms with Crippen molar-refractivity contribution in [3.63, 3.8) is 0 Å². The van der Waals surface area contributed by atoms with E-state index in [1.807, 2.05) is 0 Å². The number of nitrogens with zero attached hydrogens (tertiary/aromatic N) is 3. The molecule has 1 amide bonds. The summed E-state index contributed by atoms with van der Waals surface area (Å²) >= 11 is 0. The number of carbonyl (C=O) groups excluding carboxylic acids is 1. The summed E-state index contributed by atoms with van der Waals surface area (Å²) in [6, 6.07) is 7.81. The molecule has 0 bridgehead atoms. The third-order valence-electron chi connectivity index (χ3n) is 4.02. The second-order valence-electron chi connectivity index (χ2n) is 6.00. The molecule has 0 aliphatic carbocycles.